The molecular formula is C4H6BN. The third kappa shape index (κ3) is 0.710. The summed E-state index contributed by atoms with van der Waals surface area (Å²) in [5, 5.41) is 3.02. The fraction of sp³-hybridized carbons (Fsp3) is 0.250. The number of nitrogens with one attached hydrogen (secondary N) is 1. The standard InChI is InChI=1S/C4H6BN/c1-2-5-4-6-3-1/h1-3,6H,4H2. The van der Waals surface area contributed by atoms with Crippen molar-refractivity contribution in [3.05, 3.63) is 12.3 Å². The van der Waals surface area contributed by atoms with Crippen LogP contribution in [0.5, 0.6) is 0 Å². The van der Waals surface area contributed by atoms with Crippen LogP contribution in [0.4, 0.5) is 0 Å². The fourth-order valence-corrected chi connectivity index (χ4v) is 0.406. The molecule has 1 aliphatic rings. The van der Waals surface area contributed by atoms with E-state index in [1.165, 1.54) is 0 Å². The molecule has 1 nitrogen and oxygen atoms in total. The molecule has 0 bridgehead atoms. The zero-order valence-electron chi connectivity index (χ0n) is 3.52. The van der Waals surface area contributed by atoms with E-state index in [1.54, 1.807) is 0 Å². The third-order valence-electron chi connectivity index (χ3n) is 0.697. The van der Waals surface area contributed by atoms with Gasteiger partial charge in [0.25, 0.3) is 0 Å². The van der Waals surface area contributed by atoms with Crippen molar-refractivity contribution in [3.8, 4) is 0 Å². The summed E-state index contributed by atoms with van der Waals surface area (Å²) in [5.41, 5.74) is 0. The molecule has 0 aliphatic carbocycles. The first-order valence-corrected chi connectivity index (χ1v) is 2.05. The van der Waals surface area contributed by atoms with Crippen LogP contribution in [0.2, 0.25) is 0 Å². The van der Waals surface area contributed by atoms with Crippen LogP contribution >= 0.6 is 0 Å². The molecule has 6 heavy (non-hydrogen) atoms. The quantitative estimate of drug-likeness (QED) is 0.388. The molecule has 2 heteroatoms. The van der Waals surface area contributed by atoms with Gasteiger partial charge in [-0.25, -0.2) is 0 Å². The molecule has 0 fully saturated rings. The van der Waals surface area contributed by atoms with Crippen molar-refractivity contribution in [2.75, 3.05) is 6.44 Å². The molecule has 1 N–H and O–H groups in total. The van der Waals surface area contributed by atoms with Gasteiger partial charge in [0.2, 0.25) is 0 Å². The van der Waals surface area contributed by atoms with Gasteiger partial charge in [-0.1, -0.05) is 0 Å². The normalized spacial score (nSPS) is 16.0. The average Bonchev–Trinajstić information content (AvgIpc) is 1.72. The first kappa shape index (κ1) is 3.66. The van der Waals surface area contributed by atoms with E-state index in [1.807, 2.05) is 18.2 Å². The van der Waals surface area contributed by atoms with Crippen molar-refractivity contribution in [2.45, 2.75) is 0 Å². The molecule has 1 rings (SSSR count). The van der Waals surface area contributed by atoms with Crippen molar-refractivity contribution in [2.24, 2.45) is 0 Å². The van der Waals surface area contributed by atoms with Crippen molar-refractivity contribution >= 4 is 12.9 Å². The van der Waals surface area contributed by atoms with Crippen LogP contribution in [-0.4, -0.2) is 19.3 Å². The molecule has 0 aromatic heterocycles. The summed E-state index contributed by atoms with van der Waals surface area (Å²) >= 11 is 0. The second-order valence-electron chi connectivity index (χ2n) is 1.20. The van der Waals surface area contributed by atoms with Crippen LogP contribution in [0.1, 0.15) is 0 Å². The Bertz CT molecular complexity index is 73.5. The van der Waals surface area contributed by atoms with E-state index in [9.17, 15) is 0 Å². The van der Waals surface area contributed by atoms with Gasteiger partial charge in [0.1, 0.15) is 0 Å². The Labute approximate surface area is 38.0 Å². The number of rotatable bonds is 0. The zero-order chi connectivity index (χ0) is 4.24. The summed E-state index contributed by atoms with van der Waals surface area (Å²) in [6.07, 6.45) is 4.89. The van der Waals surface area contributed by atoms with Gasteiger partial charge in [0, 0.05) is 0 Å². The average molecular weight is 78.9 g/mol. The second-order valence-corrected chi connectivity index (χ2v) is 1.20. The van der Waals surface area contributed by atoms with Crippen LogP contribution in [0.15, 0.2) is 12.3 Å². The van der Waals surface area contributed by atoms with Gasteiger partial charge < -0.3 is 0 Å². The number of allylic oxidation sites excluding steroid dienone is 1. The third-order valence-corrected chi connectivity index (χ3v) is 0.697. The molecule has 1 heterocycles. The molecule has 30 valence electrons. The van der Waals surface area contributed by atoms with Gasteiger partial charge in [0.15, 0.2) is 0 Å². The van der Waals surface area contributed by atoms with Gasteiger partial charge in [-0.2, -0.15) is 0 Å². The molecule has 0 saturated heterocycles. The molecule has 0 unspecified atom stereocenters. The molecule has 0 radical (unpaired) electrons. The fourth-order valence-electron chi connectivity index (χ4n) is 0.406. The van der Waals surface area contributed by atoms with Gasteiger partial charge >= 0.3 is 36.9 Å². The number of hydrogen-bond donors (Lipinski definition) is 1. The first-order valence-electron chi connectivity index (χ1n) is 2.05. The van der Waals surface area contributed by atoms with Crippen LogP contribution in [0.3, 0.4) is 0 Å². The van der Waals surface area contributed by atoms with Crippen LogP contribution < -0.4 is 5.32 Å². The van der Waals surface area contributed by atoms with Crippen molar-refractivity contribution in [1.29, 1.82) is 0 Å². The van der Waals surface area contributed by atoms with Crippen LogP contribution in [-0.2, 0) is 0 Å². The maximum atomic E-state index is 3.02. The number of hydrogen-bond acceptors (Lipinski definition) is 1. The summed E-state index contributed by atoms with van der Waals surface area (Å²) in [5.74, 6) is 2.02. The van der Waals surface area contributed by atoms with E-state index in [4.69, 9.17) is 0 Å². The van der Waals surface area contributed by atoms with E-state index < -0.39 is 0 Å². The second kappa shape index (κ2) is 1.80. The van der Waals surface area contributed by atoms with Crippen molar-refractivity contribution in [1.82, 2.24) is 5.32 Å². The Balaban J connectivity index is 2.46. The zero-order valence-corrected chi connectivity index (χ0v) is 3.52. The molecule has 1 aliphatic heterocycles. The van der Waals surface area contributed by atoms with E-state index in [0.29, 0.717) is 0 Å². The first-order chi connectivity index (χ1) is 3.00. The van der Waals surface area contributed by atoms with Gasteiger partial charge in [0.05, 0.1) is 0 Å². The van der Waals surface area contributed by atoms with Crippen LogP contribution in [0, 0.1) is 0 Å². The van der Waals surface area contributed by atoms with Crippen molar-refractivity contribution < 1.29 is 0 Å². The SMILES string of the molecule is B1=CC=CNC1. The van der Waals surface area contributed by atoms with E-state index in [2.05, 4.69) is 12.2 Å². The van der Waals surface area contributed by atoms with Gasteiger partial charge in [-0.15, -0.1) is 0 Å². The Morgan fingerprint density at radius 3 is 2.83 bits per heavy atom. The van der Waals surface area contributed by atoms with E-state index in [-0.39, 0.29) is 0 Å². The maximum absolute atomic E-state index is 3.02. The summed E-state index contributed by atoms with van der Waals surface area (Å²) in [7, 11) is 0. The monoisotopic (exact) mass is 79.1 g/mol. The molecule has 0 spiro atoms. The molecular weight excluding hydrogens is 72.9 g/mol. The molecule has 0 amide bonds. The Morgan fingerprint density at radius 2 is 2.67 bits per heavy atom. The topological polar surface area (TPSA) is 12.0 Å². The van der Waals surface area contributed by atoms with E-state index >= 15 is 0 Å². The summed E-state index contributed by atoms with van der Waals surface area (Å²) in [6, 6.07) is 0. The summed E-state index contributed by atoms with van der Waals surface area (Å²) < 4.78 is 0. The Kier molecular flexibility index (Phi) is 1.10. The molecule has 0 atom stereocenters. The predicted octanol–water partition coefficient (Wildman–Crippen LogP) is -0.433. The molecule has 0 saturated carbocycles. The minimum atomic E-state index is 0.983. The predicted molar refractivity (Wildman–Crippen MR) is 29.0 cm³/mol. The Morgan fingerprint density at radius 1 is 1.67 bits per heavy atom. The van der Waals surface area contributed by atoms with Crippen LogP contribution in [0.25, 0.3) is 0 Å². The Hall–Kier alpha value is -0.525. The van der Waals surface area contributed by atoms with E-state index in [0.717, 1.165) is 6.44 Å². The van der Waals surface area contributed by atoms with Crippen molar-refractivity contribution in [3.63, 3.8) is 0 Å². The van der Waals surface area contributed by atoms with Gasteiger partial charge in [-0.05, 0) is 0 Å². The van der Waals surface area contributed by atoms with Gasteiger partial charge in [-0.3, -0.25) is 0 Å². The summed E-state index contributed by atoms with van der Waals surface area (Å²) in [4.78, 5) is 0. The summed E-state index contributed by atoms with van der Waals surface area (Å²) in [6.45, 7) is 2.07. The minimum absolute atomic E-state index is 0.983. The molecule has 0 aromatic carbocycles. The molecule has 0 aromatic rings.